The molecular formula is C19H37N3O. The number of amides is 1. The average Bonchev–Trinajstić information content (AvgIpc) is 3.03. The Morgan fingerprint density at radius 2 is 1.83 bits per heavy atom. The van der Waals surface area contributed by atoms with Gasteiger partial charge in [0.25, 0.3) is 0 Å². The van der Waals surface area contributed by atoms with Gasteiger partial charge < -0.3 is 11.5 Å². The van der Waals surface area contributed by atoms with Crippen LogP contribution in [0.4, 0.5) is 0 Å². The fourth-order valence-corrected chi connectivity index (χ4v) is 4.02. The van der Waals surface area contributed by atoms with Crippen molar-refractivity contribution in [1.82, 2.24) is 4.90 Å². The SMILES string of the molecule is C=CC(N)N1CCC(C(CCCCC)(CCCCC)C(N)=O)C1. The molecule has 0 aromatic carbocycles. The van der Waals surface area contributed by atoms with E-state index in [2.05, 4.69) is 25.3 Å². The second-order valence-electron chi connectivity index (χ2n) is 7.14. The average molecular weight is 324 g/mol. The molecule has 1 aliphatic heterocycles. The van der Waals surface area contributed by atoms with E-state index >= 15 is 0 Å². The van der Waals surface area contributed by atoms with Gasteiger partial charge in [-0.05, 0) is 25.2 Å². The zero-order chi connectivity index (χ0) is 17.3. The second kappa shape index (κ2) is 10.1. The third kappa shape index (κ3) is 5.32. The molecule has 1 heterocycles. The highest BCUT2D eigenvalue weighted by Crippen LogP contribution is 2.43. The molecule has 1 amide bonds. The van der Waals surface area contributed by atoms with Gasteiger partial charge in [-0.15, -0.1) is 6.58 Å². The van der Waals surface area contributed by atoms with Gasteiger partial charge >= 0.3 is 0 Å². The fourth-order valence-electron chi connectivity index (χ4n) is 4.02. The third-order valence-electron chi connectivity index (χ3n) is 5.61. The van der Waals surface area contributed by atoms with E-state index in [4.69, 9.17) is 11.5 Å². The Kier molecular flexibility index (Phi) is 8.85. The zero-order valence-electron chi connectivity index (χ0n) is 15.2. The summed E-state index contributed by atoms with van der Waals surface area (Å²) in [5.41, 5.74) is 11.7. The topological polar surface area (TPSA) is 72.3 Å². The van der Waals surface area contributed by atoms with E-state index < -0.39 is 0 Å². The van der Waals surface area contributed by atoms with Gasteiger partial charge in [0.05, 0.1) is 11.6 Å². The molecular weight excluding hydrogens is 286 g/mol. The smallest absolute Gasteiger partial charge is 0.223 e. The minimum Gasteiger partial charge on any atom is -0.369 e. The molecule has 0 aromatic heterocycles. The zero-order valence-corrected chi connectivity index (χ0v) is 15.2. The lowest BCUT2D eigenvalue weighted by Gasteiger charge is -2.37. The maximum Gasteiger partial charge on any atom is 0.223 e. The Bertz CT molecular complexity index is 360. The van der Waals surface area contributed by atoms with E-state index in [0.29, 0.717) is 5.92 Å². The van der Waals surface area contributed by atoms with Crippen molar-refractivity contribution in [2.45, 2.75) is 77.8 Å². The second-order valence-corrected chi connectivity index (χ2v) is 7.14. The molecule has 0 bridgehead atoms. The quantitative estimate of drug-likeness (QED) is 0.427. The van der Waals surface area contributed by atoms with E-state index in [1.165, 1.54) is 25.7 Å². The summed E-state index contributed by atoms with van der Waals surface area (Å²) in [7, 11) is 0. The van der Waals surface area contributed by atoms with Crippen molar-refractivity contribution in [2.75, 3.05) is 13.1 Å². The lowest BCUT2D eigenvalue weighted by Crippen LogP contribution is -2.46. The van der Waals surface area contributed by atoms with Crippen LogP contribution in [0, 0.1) is 11.3 Å². The van der Waals surface area contributed by atoms with E-state index in [1.807, 2.05) is 0 Å². The van der Waals surface area contributed by atoms with Crippen molar-refractivity contribution in [3.63, 3.8) is 0 Å². The summed E-state index contributed by atoms with van der Waals surface area (Å²) >= 11 is 0. The van der Waals surface area contributed by atoms with E-state index in [1.54, 1.807) is 6.08 Å². The van der Waals surface area contributed by atoms with Crippen molar-refractivity contribution in [3.05, 3.63) is 12.7 Å². The maximum absolute atomic E-state index is 12.5. The highest BCUT2D eigenvalue weighted by molar-refractivity contribution is 5.81. The van der Waals surface area contributed by atoms with Crippen molar-refractivity contribution < 1.29 is 4.79 Å². The lowest BCUT2D eigenvalue weighted by molar-refractivity contribution is -0.132. The van der Waals surface area contributed by atoms with Crippen molar-refractivity contribution >= 4 is 5.91 Å². The number of hydrogen-bond donors (Lipinski definition) is 2. The first-order valence-electron chi connectivity index (χ1n) is 9.43. The standard InChI is InChI=1S/C19H37N3O/c1-4-7-9-12-19(18(21)23,13-10-8-5-2)16-11-14-22(15-16)17(20)6-3/h6,16-17H,3-5,7-15,20H2,1-2H3,(H2,21,23). The Morgan fingerprint density at radius 1 is 1.26 bits per heavy atom. The van der Waals surface area contributed by atoms with Crippen LogP contribution in [-0.4, -0.2) is 30.1 Å². The van der Waals surface area contributed by atoms with Crippen molar-refractivity contribution in [1.29, 1.82) is 0 Å². The van der Waals surface area contributed by atoms with Crippen LogP contribution < -0.4 is 11.5 Å². The van der Waals surface area contributed by atoms with Crippen LogP contribution in [0.3, 0.4) is 0 Å². The number of nitrogens with two attached hydrogens (primary N) is 2. The molecule has 4 N–H and O–H groups in total. The van der Waals surface area contributed by atoms with Gasteiger partial charge in [-0.1, -0.05) is 58.4 Å². The summed E-state index contributed by atoms with van der Waals surface area (Å²) in [6, 6.07) is 0. The maximum atomic E-state index is 12.5. The molecule has 0 spiro atoms. The number of nitrogens with zero attached hydrogens (tertiary/aromatic N) is 1. The van der Waals surface area contributed by atoms with Gasteiger partial charge in [0.15, 0.2) is 0 Å². The molecule has 1 rings (SSSR count). The molecule has 23 heavy (non-hydrogen) atoms. The monoisotopic (exact) mass is 323 g/mol. The van der Waals surface area contributed by atoms with Crippen LogP contribution in [0.15, 0.2) is 12.7 Å². The number of primary amides is 1. The summed E-state index contributed by atoms with van der Waals surface area (Å²) in [6.45, 7) is 9.99. The van der Waals surface area contributed by atoms with Crippen LogP contribution in [0.2, 0.25) is 0 Å². The Balaban J connectivity index is 2.87. The van der Waals surface area contributed by atoms with Gasteiger partial charge in [-0.2, -0.15) is 0 Å². The highest BCUT2D eigenvalue weighted by Gasteiger charge is 2.46. The molecule has 0 saturated carbocycles. The summed E-state index contributed by atoms with van der Waals surface area (Å²) in [5, 5.41) is 0. The Hall–Kier alpha value is -0.870. The molecule has 134 valence electrons. The molecule has 2 unspecified atom stereocenters. The third-order valence-corrected chi connectivity index (χ3v) is 5.61. The minimum atomic E-state index is -0.347. The molecule has 1 aliphatic rings. The first-order chi connectivity index (χ1) is 11.0. The number of carbonyl (C=O) groups is 1. The summed E-state index contributed by atoms with van der Waals surface area (Å²) in [6.07, 6.45) is 11.4. The molecule has 1 fully saturated rings. The number of likely N-dealkylation sites (tertiary alicyclic amines) is 1. The molecule has 1 saturated heterocycles. The number of hydrogen-bond acceptors (Lipinski definition) is 3. The van der Waals surface area contributed by atoms with Gasteiger partial charge in [0, 0.05) is 13.1 Å². The van der Waals surface area contributed by atoms with E-state index in [-0.39, 0.29) is 17.5 Å². The molecule has 0 aromatic rings. The normalized spacial score (nSPS) is 20.6. The predicted molar refractivity (Wildman–Crippen MR) is 97.8 cm³/mol. The van der Waals surface area contributed by atoms with Gasteiger partial charge in [-0.3, -0.25) is 9.69 Å². The van der Waals surface area contributed by atoms with Crippen LogP contribution in [0.5, 0.6) is 0 Å². The fraction of sp³-hybridized carbons (Fsp3) is 0.842. The molecule has 0 radical (unpaired) electrons. The van der Waals surface area contributed by atoms with Gasteiger partial charge in [-0.25, -0.2) is 0 Å². The van der Waals surface area contributed by atoms with Crippen molar-refractivity contribution in [2.24, 2.45) is 22.8 Å². The number of carbonyl (C=O) groups excluding carboxylic acids is 1. The van der Waals surface area contributed by atoms with Crippen LogP contribution >= 0.6 is 0 Å². The molecule has 4 nitrogen and oxygen atoms in total. The summed E-state index contributed by atoms with van der Waals surface area (Å²) < 4.78 is 0. The first-order valence-corrected chi connectivity index (χ1v) is 9.43. The first kappa shape index (κ1) is 20.2. The van der Waals surface area contributed by atoms with Gasteiger partial charge in [0.2, 0.25) is 5.91 Å². The highest BCUT2D eigenvalue weighted by atomic mass is 16.1. The Morgan fingerprint density at radius 3 is 2.26 bits per heavy atom. The van der Waals surface area contributed by atoms with Crippen LogP contribution in [0.1, 0.15) is 71.6 Å². The predicted octanol–water partition coefficient (Wildman–Crippen LogP) is 3.41. The van der Waals surface area contributed by atoms with Crippen LogP contribution in [0.25, 0.3) is 0 Å². The molecule has 0 aliphatic carbocycles. The lowest BCUT2D eigenvalue weighted by atomic mass is 9.67. The Labute approximate surface area is 142 Å². The molecule has 2 atom stereocenters. The largest absolute Gasteiger partial charge is 0.369 e. The minimum absolute atomic E-state index is 0.0938. The van der Waals surface area contributed by atoms with Crippen LogP contribution in [-0.2, 0) is 4.79 Å². The van der Waals surface area contributed by atoms with Gasteiger partial charge in [0.1, 0.15) is 0 Å². The van der Waals surface area contributed by atoms with E-state index in [9.17, 15) is 4.79 Å². The number of rotatable bonds is 12. The molecule has 4 heteroatoms. The summed E-state index contributed by atoms with van der Waals surface area (Å²) in [4.78, 5) is 14.7. The number of unbranched alkanes of at least 4 members (excludes halogenated alkanes) is 4. The summed E-state index contributed by atoms with van der Waals surface area (Å²) in [5.74, 6) is 0.239. The van der Waals surface area contributed by atoms with E-state index in [0.717, 1.165) is 45.2 Å². The van der Waals surface area contributed by atoms with Crippen molar-refractivity contribution in [3.8, 4) is 0 Å².